The fraction of sp³-hybridized carbons (Fsp3) is 0.0800. The quantitative estimate of drug-likeness (QED) is 0.342. The van der Waals surface area contributed by atoms with E-state index < -0.39 is 36.8 Å². The van der Waals surface area contributed by atoms with Gasteiger partial charge < -0.3 is 10.1 Å². The van der Waals surface area contributed by atoms with Crippen LogP contribution in [0.3, 0.4) is 0 Å². The Morgan fingerprint density at radius 2 is 1.33 bits per heavy atom. The van der Waals surface area contributed by atoms with Gasteiger partial charge in [-0.2, -0.15) is 0 Å². The highest BCUT2D eigenvalue weighted by molar-refractivity contribution is 6.22. The fourth-order valence-electron chi connectivity index (χ4n) is 3.42. The van der Waals surface area contributed by atoms with E-state index in [4.69, 9.17) is 4.74 Å². The number of nitrogens with one attached hydrogen (secondary N) is 1. The van der Waals surface area contributed by atoms with Gasteiger partial charge in [-0.25, -0.2) is 0 Å². The molecule has 3 aromatic rings. The van der Waals surface area contributed by atoms with Crippen LogP contribution in [0.15, 0.2) is 78.9 Å². The van der Waals surface area contributed by atoms with Crippen molar-refractivity contribution in [2.75, 3.05) is 18.5 Å². The predicted octanol–water partition coefficient (Wildman–Crippen LogP) is 2.70. The smallest absolute Gasteiger partial charge is 0.326 e. The molecule has 0 unspecified atom stereocenters. The highest BCUT2D eigenvalue weighted by Gasteiger charge is 2.36. The summed E-state index contributed by atoms with van der Waals surface area (Å²) in [5, 5.41) is 2.56. The van der Waals surface area contributed by atoms with Gasteiger partial charge in [-0.15, -0.1) is 0 Å². The molecule has 8 heteroatoms. The Morgan fingerprint density at radius 3 is 2.00 bits per heavy atom. The molecule has 0 radical (unpaired) electrons. The molecule has 0 spiro atoms. The lowest BCUT2D eigenvalue weighted by Gasteiger charge is -2.13. The molecule has 1 aliphatic rings. The first-order valence-corrected chi connectivity index (χ1v) is 10.0. The van der Waals surface area contributed by atoms with Crippen LogP contribution in [0.4, 0.5) is 5.69 Å². The SMILES string of the molecule is O=C(COC(=O)CN1C(=O)c2ccccc2C1=O)Nc1ccccc1C(=O)c1ccccc1. The van der Waals surface area contributed by atoms with Gasteiger partial charge in [0.2, 0.25) is 0 Å². The minimum Gasteiger partial charge on any atom is -0.454 e. The van der Waals surface area contributed by atoms with Crippen LogP contribution in [0.25, 0.3) is 0 Å². The number of hydrogen-bond acceptors (Lipinski definition) is 6. The van der Waals surface area contributed by atoms with Gasteiger partial charge in [0.15, 0.2) is 12.4 Å². The third-order valence-electron chi connectivity index (χ3n) is 5.01. The van der Waals surface area contributed by atoms with E-state index in [1.54, 1.807) is 66.7 Å². The van der Waals surface area contributed by atoms with Gasteiger partial charge in [0.1, 0.15) is 6.54 Å². The second kappa shape index (κ2) is 9.27. The molecule has 0 atom stereocenters. The molecule has 0 fully saturated rings. The first-order valence-electron chi connectivity index (χ1n) is 10.0. The summed E-state index contributed by atoms with van der Waals surface area (Å²) < 4.78 is 4.94. The minimum atomic E-state index is -0.909. The molecule has 0 bridgehead atoms. The fourth-order valence-corrected chi connectivity index (χ4v) is 3.42. The number of esters is 1. The van der Waals surface area contributed by atoms with Crippen LogP contribution in [-0.4, -0.2) is 47.5 Å². The van der Waals surface area contributed by atoms with Gasteiger partial charge in [-0.1, -0.05) is 54.6 Å². The van der Waals surface area contributed by atoms with Crippen molar-refractivity contribution in [2.24, 2.45) is 0 Å². The lowest BCUT2D eigenvalue weighted by molar-refractivity contribution is -0.147. The van der Waals surface area contributed by atoms with Crippen LogP contribution in [0.2, 0.25) is 0 Å². The number of hydrogen-bond donors (Lipinski definition) is 1. The zero-order valence-corrected chi connectivity index (χ0v) is 17.3. The number of fused-ring (bicyclic) bond motifs is 1. The highest BCUT2D eigenvalue weighted by Crippen LogP contribution is 2.22. The number of para-hydroxylation sites is 1. The van der Waals surface area contributed by atoms with E-state index in [9.17, 15) is 24.0 Å². The summed E-state index contributed by atoms with van der Waals surface area (Å²) in [6, 6.07) is 21.3. The first kappa shape index (κ1) is 21.6. The van der Waals surface area contributed by atoms with E-state index >= 15 is 0 Å². The molecule has 33 heavy (non-hydrogen) atoms. The van der Waals surface area contributed by atoms with Gasteiger partial charge in [0.05, 0.1) is 16.8 Å². The molecule has 4 rings (SSSR count). The summed E-state index contributed by atoms with van der Waals surface area (Å²) in [6.07, 6.45) is 0. The molecule has 1 heterocycles. The molecule has 1 aliphatic heterocycles. The van der Waals surface area contributed by atoms with Gasteiger partial charge in [0, 0.05) is 11.1 Å². The number of benzene rings is 3. The van der Waals surface area contributed by atoms with E-state index in [-0.39, 0.29) is 28.2 Å². The summed E-state index contributed by atoms with van der Waals surface area (Å²) in [5.74, 6) is -3.03. The van der Waals surface area contributed by atoms with Crippen LogP contribution in [0.5, 0.6) is 0 Å². The number of carbonyl (C=O) groups is 5. The van der Waals surface area contributed by atoms with E-state index in [1.807, 2.05) is 0 Å². The topological polar surface area (TPSA) is 110 Å². The lowest BCUT2D eigenvalue weighted by Crippen LogP contribution is -2.36. The maximum Gasteiger partial charge on any atom is 0.326 e. The Bertz CT molecular complexity index is 1230. The maximum absolute atomic E-state index is 12.8. The van der Waals surface area contributed by atoms with Crippen LogP contribution < -0.4 is 5.32 Å². The average molecular weight is 442 g/mol. The van der Waals surface area contributed by atoms with Crippen LogP contribution in [0, 0.1) is 0 Å². The Hall–Kier alpha value is -4.59. The number of carbonyl (C=O) groups excluding carboxylic acids is 5. The Kier molecular flexibility index (Phi) is 6.08. The van der Waals surface area contributed by atoms with E-state index in [2.05, 4.69) is 5.32 Å². The predicted molar refractivity (Wildman–Crippen MR) is 118 cm³/mol. The zero-order valence-electron chi connectivity index (χ0n) is 17.3. The molecule has 0 aliphatic carbocycles. The molecule has 0 saturated heterocycles. The van der Waals surface area contributed by atoms with Crippen LogP contribution >= 0.6 is 0 Å². The minimum absolute atomic E-state index is 0.215. The molecular formula is C25H18N2O6. The van der Waals surface area contributed by atoms with Crippen molar-refractivity contribution >= 4 is 35.2 Å². The Morgan fingerprint density at radius 1 is 0.758 bits per heavy atom. The largest absolute Gasteiger partial charge is 0.454 e. The van der Waals surface area contributed by atoms with Crippen molar-refractivity contribution in [3.63, 3.8) is 0 Å². The summed E-state index contributed by atoms with van der Waals surface area (Å²) in [6.45, 7) is -1.25. The number of nitrogens with zero attached hydrogens (tertiary/aromatic N) is 1. The normalized spacial score (nSPS) is 12.3. The number of ether oxygens (including phenoxy) is 1. The van der Waals surface area contributed by atoms with E-state index in [0.29, 0.717) is 5.56 Å². The number of amides is 3. The summed E-state index contributed by atoms with van der Waals surface area (Å²) in [5.41, 5.74) is 1.45. The standard InChI is InChI=1S/C25H18N2O6/c28-21(26-20-13-7-6-12-19(20)23(30)16-8-2-1-3-9-16)15-33-22(29)14-27-24(31)17-10-4-5-11-18(17)25(27)32/h1-13H,14-15H2,(H,26,28). The van der Waals surface area contributed by atoms with Crippen molar-refractivity contribution in [1.29, 1.82) is 0 Å². The molecule has 1 N–H and O–H groups in total. The van der Waals surface area contributed by atoms with Crippen LogP contribution in [-0.2, 0) is 14.3 Å². The molecule has 0 aromatic heterocycles. The maximum atomic E-state index is 12.8. The summed E-state index contributed by atoms with van der Waals surface area (Å²) in [7, 11) is 0. The highest BCUT2D eigenvalue weighted by atomic mass is 16.5. The van der Waals surface area contributed by atoms with Crippen molar-refractivity contribution in [2.45, 2.75) is 0 Å². The second-order valence-electron chi connectivity index (χ2n) is 7.19. The first-order chi connectivity index (χ1) is 16.0. The van der Waals surface area contributed by atoms with Crippen molar-refractivity contribution in [3.8, 4) is 0 Å². The number of anilines is 1. The molecule has 3 amide bonds. The number of ketones is 1. The summed E-state index contributed by atoms with van der Waals surface area (Å²) >= 11 is 0. The number of imide groups is 1. The Labute approximate surface area is 188 Å². The van der Waals surface area contributed by atoms with Crippen LogP contribution in [0.1, 0.15) is 36.6 Å². The monoisotopic (exact) mass is 442 g/mol. The van der Waals surface area contributed by atoms with Crippen molar-refractivity contribution in [3.05, 3.63) is 101 Å². The van der Waals surface area contributed by atoms with Crippen molar-refractivity contribution < 1.29 is 28.7 Å². The lowest BCUT2D eigenvalue weighted by atomic mass is 10.0. The second-order valence-corrected chi connectivity index (χ2v) is 7.19. The van der Waals surface area contributed by atoms with E-state index in [0.717, 1.165) is 4.90 Å². The number of rotatable bonds is 7. The average Bonchev–Trinajstić information content (AvgIpc) is 3.08. The molecule has 164 valence electrons. The van der Waals surface area contributed by atoms with Gasteiger partial charge in [0.25, 0.3) is 17.7 Å². The van der Waals surface area contributed by atoms with E-state index in [1.165, 1.54) is 12.1 Å². The zero-order chi connectivity index (χ0) is 23.4. The summed E-state index contributed by atoms with van der Waals surface area (Å²) in [4.78, 5) is 62.7. The third kappa shape index (κ3) is 4.54. The van der Waals surface area contributed by atoms with Gasteiger partial charge in [-0.05, 0) is 24.3 Å². The molecule has 3 aromatic carbocycles. The third-order valence-corrected chi connectivity index (χ3v) is 5.01. The van der Waals surface area contributed by atoms with Gasteiger partial charge >= 0.3 is 5.97 Å². The molecule has 0 saturated carbocycles. The Balaban J connectivity index is 1.35. The molecular weight excluding hydrogens is 424 g/mol. The van der Waals surface area contributed by atoms with Crippen molar-refractivity contribution in [1.82, 2.24) is 4.90 Å². The van der Waals surface area contributed by atoms with Gasteiger partial charge in [-0.3, -0.25) is 28.9 Å². The molecule has 8 nitrogen and oxygen atoms in total.